The van der Waals surface area contributed by atoms with Crippen molar-refractivity contribution in [2.75, 3.05) is 0 Å². The van der Waals surface area contributed by atoms with Gasteiger partial charge in [-0.05, 0) is 37.8 Å². The third-order valence-electron chi connectivity index (χ3n) is 3.19. The number of fused-ring (bicyclic) bond motifs is 1. The van der Waals surface area contributed by atoms with Crippen molar-refractivity contribution in [1.82, 2.24) is 0 Å². The van der Waals surface area contributed by atoms with Gasteiger partial charge in [-0.2, -0.15) is 0 Å². The minimum absolute atomic E-state index is 0.721. The maximum absolute atomic E-state index is 6.26. The summed E-state index contributed by atoms with van der Waals surface area (Å²) in [6.45, 7) is 11.9. The fourth-order valence-corrected chi connectivity index (χ4v) is 4.11. The van der Waals surface area contributed by atoms with Crippen molar-refractivity contribution in [3.05, 3.63) is 53.3 Å². The fourth-order valence-electron chi connectivity index (χ4n) is 2.45. The summed E-state index contributed by atoms with van der Waals surface area (Å²) in [6, 6.07) is 8.47. The first-order chi connectivity index (χ1) is 8.89. The first-order valence-electron chi connectivity index (χ1n) is 6.70. The van der Waals surface area contributed by atoms with Crippen molar-refractivity contribution in [2.45, 2.75) is 39.8 Å². The molecule has 0 aliphatic heterocycles. The quantitative estimate of drug-likeness (QED) is 0.588. The summed E-state index contributed by atoms with van der Waals surface area (Å²) in [4.78, 5) is 0. The minimum Gasteiger partial charge on any atom is -0.517 e. The molecular formula is C16H22O2Si. The van der Waals surface area contributed by atoms with Gasteiger partial charge in [0.2, 0.25) is 0 Å². The molecule has 1 aromatic carbocycles. The molecule has 1 aliphatic carbocycles. The summed E-state index contributed by atoms with van der Waals surface area (Å²) in [5.74, 6) is 1.73. The summed E-state index contributed by atoms with van der Waals surface area (Å²) < 4.78 is 12.1. The van der Waals surface area contributed by atoms with Gasteiger partial charge in [-0.1, -0.05) is 30.8 Å². The number of benzene rings is 1. The average molecular weight is 274 g/mol. The normalized spacial score (nSPS) is 14.9. The first-order valence-corrected chi connectivity index (χ1v) is 9.52. The van der Waals surface area contributed by atoms with Crippen molar-refractivity contribution in [1.29, 1.82) is 0 Å². The van der Waals surface area contributed by atoms with Gasteiger partial charge in [-0.25, -0.2) is 0 Å². The van der Waals surface area contributed by atoms with E-state index in [2.05, 4.69) is 50.9 Å². The Morgan fingerprint density at radius 2 is 1.89 bits per heavy atom. The molecule has 0 spiro atoms. The molecule has 0 bridgehead atoms. The van der Waals surface area contributed by atoms with Gasteiger partial charge >= 0.3 is 8.56 Å². The largest absolute Gasteiger partial charge is 0.517 e. The predicted molar refractivity (Wildman–Crippen MR) is 81.8 cm³/mol. The average Bonchev–Trinajstić information content (AvgIpc) is 2.31. The number of hydrogen-bond donors (Lipinski definition) is 0. The molecule has 0 unspecified atom stereocenters. The van der Waals surface area contributed by atoms with E-state index in [-0.39, 0.29) is 0 Å². The highest BCUT2D eigenvalue weighted by atomic mass is 28.4. The standard InChI is InChI=1S/C16H22O2Si/c1-12(2)17-19(4,5)18-16-13(3)10-11-14-8-6-7-9-15(14)16/h6-9H,1,10-11H2,2-5H3. The van der Waals surface area contributed by atoms with E-state index in [1.54, 1.807) is 0 Å². The third-order valence-corrected chi connectivity index (χ3v) is 4.72. The molecule has 102 valence electrons. The lowest BCUT2D eigenvalue weighted by atomic mass is 9.91. The van der Waals surface area contributed by atoms with Gasteiger partial charge in [-0.15, -0.1) is 0 Å². The zero-order valence-electron chi connectivity index (χ0n) is 12.2. The van der Waals surface area contributed by atoms with Gasteiger partial charge < -0.3 is 8.85 Å². The van der Waals surface area contributed by atoms with Gasteiger partial charge in [-0.3, -0.25) is 0 Å². The Labute approximate surface area is 117 Å². The van der Waals surface area contributed by atoms with Crippen LogP contribution in [0, 0.1) is 0 Å². The Morgan fingerprint density at radius 3 is 2.58 bits per heavy atom. The summed E-state index contributed by atoms with van der Waals surface area (Å²) in [7, 11) is -2.22. The Hall–Kier alpha value is -1.48. The number of rotatable bonds is 4. The molecule has 2 nitrogen and oxygen atoms in total. The van der Waals surface area contributed by atoms with Crippen molar-refractivity contribution in [3.8, 4) is 0 Å². The zero-order chi connectivity index (χ0) is 14.0. The highest BCUT2D eigenvalue weighted by Crippen LogP contribution is 2.34. The third kappa shape index (κ3) is 3.29. The smallest absolute Gasteiger partial charge is 0.453 e. The summed E-state index contributed by atoms with van der Waals surface area (Å²) in [5, 5.41) is 0. The molecule has 0 aromatic heterocycles. The van der Waals surface area contributed by atoms with E-state index in [0.29, 0.717) is 0 Å². The van der Waals surface area contributed by atoms with Gasteiger partial charge in [0.25, 0.3) is 0 Å². The Kier molecular flexibility index (Phi) is 3.85. The second-order valence-electron chi connectivity index (χ2n) is 5.57. The van der Waals surface area contributed by atoms with Crippen LogP contribution in [-0.2, 0) is 15.3 Å². The number of hydrogen-bond acceptors (Lipinski definition) is 2. The number of aryl methyl sites for hydroxylation is 1. The Bertz CT molecular complexity index is 529. The van der Waals surface area contributed by atoms with Crippen LogP contribution in [0.5, 0.6) is 0 Å². The molecule has 0 fully saturated rings. The van der Waals surface area contributed by atoms with Gasteiger partial charge in [0.15, 0.2) is 0 Å². The fraction of sp³-hybridized carbons (Fsp3) is 0.375. The molecule has 0 N–H and O–H groups in total. The molecule has 0 saturated heterocycles. The van der Waals surface area contributed by atoms with Crippen LogP contribution in [0.4, 0.5) is 0 Å². The van der Waals surface area contributed by atoms with Gasteiger partial charge in [0.05, 0.1) is 5.76 Å². The van der Waals surface area contributed by atoms with Crippen LogP contribution in [0.25, 0.3) is 5.76 Å². The summed E-state index contributed by atoms with van der Waals surface area (Å²) >= 11 is 0. The second kappa shape index (κ2) is 5.25. The van der Waals surface area contributed by atoms with E-state index in [4.69, 9.17) is 8.85 Å². The molecule has 1 aliphatic rings. The van der Waals surface area contributed by atoms with Crippen LogP contribution in [-0.4, -0.2) is 8.56 Å². The minimum atomic E-state index is -2.22. The second-order valence-corrected chi connectivity index (χ2v) is 8.78. The molecule has 2 rings (SSSR count). The van der Waals surface area contributed by atoms with Crippen LogP contribution in [0.15, 0.2) is 42.2 Å². The van der Waals surface area contributed by atoms with Crippen molar-refractivity contribution in [2.24, 2.45) is 0 Å². The molecule has 3 heteroatoms. The molecule has 0 heterocycles. The zero-order valence-corrected chi connectivity index (χ0v) is 13.2. The summed E-state index contributed by atoms with van der Waals surface area (Å²) in [6.07, 6.45) is 2.15. The molecular weight excluding hydrogens is 252 g/mol. The van der Waals surface area contributed by atoms with Crippen LogP contribution in [0.1, 0.15) is 31.4 Å². The number of allylic oxidation sites excluding steroid dienone is 2. The molecule has 0 saturated carbocycles. The van der Waals surface area contributed by atoms with Gasteiger partial charge in [0, 0.05) is 18.7 Å². The van der Waals surface area contributed by atoms with Crippen molar-refractivity contribution in [3.63, 3.8) is 0 Å². The maximum Gasteiger partial charge on any atom is 0.453 e. The molecule has 19 heavy (non-hydrogen) atoms. The summed E-state index contributed by atoms with van der Waals surface area (Å²) in [5.41, 5.74) is 3.89. The lowest BCUT2D eigenvalue weighted by molar-refractivity contribution is 0.307. The molecule has 0 amide bonds. The van der Waals surface area contributed by atoms with Crippen LogP contribution in [0.3, 0.4) is 0 Å². The Balaban J connectivity index is 2.30. The lowest BCUT2D eigenvalue weighted by Crippen LogP contribution is -2.34. The molecule has 1 aromatic rings. The van der Waals surface area contributed by atoms with Crippen LogP contribution in [0.2, 0.25) is 13.1 Å². The predicted octanol–water partition coefficient (Wildman–Crippen LogP) is 4.63. The van der Waals surface area contributed by atoms with E-state index in [0.717, 1.165) is 24.4 Å². The monoisotopic (exact) mass is 274 g/mol. The van der Waals surface area contributed by atoms with Gasteiger partial charge in [0.1, 0.15) is 5.76 Å². The van der Waals surface area contributed by atoms with E-state index in [1.165, 1.54) is 16.7 Å². The van der Waals surface area contributed by atoms with E-state index in [1.807, 2.05) is 6.92 Å². The highest BCUT2D eigenvalue weighted by molar-refractivity contribution is 6.65. The lowest BCUT2D eigenvalue weighted by Gasteiger charge is -2.30. The van der Waals surface area contributed by atoms with E-state index < -0.39 is 8.56 Å². The Morgan fingerprint density at radius 1 is 1.21 bits per heavy atom. The first kappa shape index (κ1) is 13.9. The van der Waals surface area contributed by atoms with E-state index in [9.17, 15) is 0 Å². The highest BCUT2D eigenvalue weighted by Gasteiger charge is 2.32. The maximum atomic E-state index is 6.26. The van der Waals surface area contributed by atoms with E-state index >= 15 is 0 Å². The molecule has 0 atom stereocenters. The van der Waals surface area contributed by atoms with Crippen molar-refractivity contribution >= 4 is 14.3 Å². The topological polar surface area (TPSA) is 18.5 Å². The van der Waals surface area contributed by atoms with Crippen LogP contribution < -0.4 is 0 Å². The SMILES string of the molecule is C=C(C)O[Si](C)(C)OC1=C(C)CCc2ccccc21. The van der Waals surface area contributed by atoms with Crippen molar-refractivity contribution < 1.29 is 8.85 Å². The molecule has 0 radical (unpaired) electrons. The van der Waals surface area contributed by atoms with Crippen LogP contribution >= 0.6 is 0 Å².